The van der Waals surface area contributed by atoms with Gasteiger partial charge in [-0.3, -0.25) is 4.99 Å². The fourth-order valence-corrected chi connectivity index (χ4v) is 3.30. The number of rotatable bonds is 5. The average Bonchev–Trinajstić information content (AvgIpc) is 2.98. The summed E-state index contributed by atoms with van der Waals surface area (Å²) in [7, 11) is 0. The van der Waals surface area contributed by atoms with E-state index < -0.39 is 0 Å². The molecular formula is C25H27N. The Bertz CT molecular complexity index is 813. The van der Waals surface area contributed by atoms with E-state index in [1.807, 2.05) is 0 Å². The summed E-state index contributed by atoms with van der Waals surface area (Å²) in [6.07, 6.45) is 21.9. The second-order valence-electron chi connectivity index (χ2n) is 6.82. The van der Waals surface area contributed by atoms with Crippen molar-refractivity contribution in [1.29, 1.82) is 0 Å². The first-order valence-corrected chi connectivity index (χ1v) is 9.45. The van der Waals surface area contributed by atoms with Crippen LogP contribution in [-0.2, 0) is 0 Å². The molecule has 26 heavy (non-hydrogen) atoms. The molecule has 0 heterocycles. The quantitative estimate of drug-likeness (QED) is 0.410. The van der Waals surface area contributed by atoms with E-state index in [-0.39, 0.29) is 0 Å². The van der Waals surface area contributed by atoms with Gasteiger partial charge in [-0.15, -0.1) is 0 Å². The zero-order chi connectivity index (χ0) is 18.2. The molecular weight excluding hydrogens is 314 g/mol. The highest BCUT2D eigenvalue weighted by Gasteiger charge is 2.15. The molecule has 1 unspecified atom stereocenters. The van der Waals surface area contributed by atoms with Crippen molar-refractivity contribution < 1.29 is 0 Å². The van der Waals surface area contributed by atoms with E-state index in [1.54, 1.807) is 0 Å². The van der Waals surface area contributed by atoms with E-state index in [2.05, 4.69) is 92.4 Å². The molecule has 0 N–H and O–H groups in total. The number of allylic oxidation sites excluding steroid dienone is 9. The lowest BCUT2D eigenvalue weighted by molar-refractivity contribution is 0.656. The minimum Gasteiger partial charge on any atom is -0.253 e. The number of hydrogen-bond donors (Lipinski definition) is 0. The summed E-state index contributed by atoms with van der Waals surface area (Å²) in [6.45, 7) is 6.41. The van der Waals surface area contributed by atoms with Gasteiger partial charge in [0.05, 0.1) is 5.70 Å². The van der Waals surface area contributed by atoms with Crippen LogP contribution < -0.4 is 0 Å². The molecule has 0 fully saturated rings. The van der Waals surface area contributed by atoms with E-state index in [0.29, 0.717) is 5.92 Å². The second kappa shape index (κ2) is 9.15. The molecule has 3 rings (SSSR count). The van der Waals surface area contributed by atoms with E-state index in [0.717, 1.165) is 29.8 Å². The molecule has 0 saturated heterocycles. The maximum absolute atomic E-state index is 4.98. The summed E-state index contributed by atoms with van der Waals surface area (Å²) in [5.41, 5.74) is 5.54. The van der Waals surface area contributed by atoms with Gasteiger partial charge in [-0.2, -0.15) is 0 Å². The van der Waals surface area contributed by atoms with Gasteiger partial charge in [0.25, 0.3) is 0 Å². The van der Waals surface area contributed by atoms with Crippen LogP contribution in [0.15, 0.2) is 102 Å². The minimum absolute atomic E-state index is 0.368. The van der Waals surface area contributed by atoms with Gasteiger partial charge in [0, 0.05) is 11.6 Å². The Kier molecular flexibility index (Phi) is 6.38. The number of nitrogens with zero attached hydrogens (tertiary/aromatic N) is 1. The normalized spacial score (nSPS) is 20.7. The lowest BCUT2D eigenvalue weighted by Crippen LogP contribution is -2.13. The lowest BCUT2D eigenvalue weighted by atomic mass is 9.89. The molecule has 0 bridgehead atoms. The van der Waals surface area contributed by atoms with Crippen molar-refractivity contribution in [3.8, 4) is 0 Å². The molecule has 132 valence electrons. The maximum Gasteiger partial charge on any atom is 0.0630 e. The summed E-state index contributed by atoms with van der Waals surface area (Å²) in [5, 5.41) is 0. The van der Waals surface area contributed by atoms with Gasteiger partial charge in [0.2, 0.25) is 0 Å². The zero-order valence-electron chi connectivity index (χ0n) is 15.6. The number of hydrogen-bond acceptors (Lipinski definition) is 1. The van der Waals surface area contributed by atoms with E-state index >= 15 is 0 Å². The third-order valence-corrected chi connectivity index (χ3v) is 4.82. The maximum atomic E-state index is 4.98. The van der Waals surface area contributed by atoms with Crippen LogP contribution >= 0.6 is 0 Å². The van der Waals surface area contributed by atoms with Gasteiger partial charge in [-0.25, -0.2) is 0 Å². The predicted octanol–water partition coefficient (Wildman–Crippen LogP) is 6.84. The molecule has 1 atom stereocenters. The predicted molar refractivity (Wildman–Crippen MR) is 114 cm³/mol. The van der Waals surface area contributed by atoms with Gasteiger partial charge in [-0.1, -0.05) is 79.4 Å². The highest BCUT2D eigenvalue weighted by atomic mass is 14.8. The van der Waals surface area contributed by atoms with Crippen LogP contribution in [0, 0.1) is 5.92 Å². The van der Waals surface area contributed by atoms with Crippen LogP contribution in [0.1, 0.15) is 38.2 Å². The Morgan fingerprint density at radius 1 is 1.15 bits per heavy atom. The molecule has 0 amide bonds. The largest absolute Gasteiger partial charge is 0.253 e. The van der Waals surface area contributed by atoms with Gasteiger partial charge in [-0.05, 0) is 55.4 Å². The molecule has 1 nitrogen and oxygen atoms in total. The molecule has 1 aromatic rings. The van der Waals surface area contributed by atoms with Crippen molar-refractivity contribution in [3.63, 3.8) is 0 Å². The van der Waals surface area contributed by atoms with E-state index in [9.17, 15) is 0 Å². The summed E-state index contributed by atoms with van der Waals surface area (Å²) in [5.74, 6) is 0.368. The van der Waals surface area contributed by atoms with Crippen molar-refractivity contribution in [3.05, 3.63) is 102 Å². The average molecular weight is 341 g/mol. The third kappa shape index (κ3) is 4.92. The zero-order valence-corrected chi connectivity index (χ0v) is 15.6. The molecule has 0 saturated carbocycles. The summed E-state index contributed by atoms with van der Waals surface area (Å²) < 4.78 is 0. The molecule has 0 radical (unpaired) electrons. The minimum atomic E-state index is 0.368. The van der Waals surface area contributed by atoms with Crippen molar-refractivity contribution in [2.75, 3.05) is 0 Å². The van der Waals surface area contributed by atoms with Gasteiger partial charge in [0.15, 0.2) is 0 Å². The van der Waals surface area contributed by atoms with Crippen LogP contribution in [0.2, 0.25) is 0 Å². The molecule has 2 aliphatic carbocycles. The summed E-state index contributed by atoms with van der Waals surface area (Å²) in [6, 6.07) is 10.5. The van der Waals surface area contributed by atoms with Crippen LogP contribution in [0.25, 0.3) is 5.57 Å². The Morgan fingerprint density at radius 3 is 2.77 bits per heavy atom. The SMILES string of the molecule is C=C(/N=C(\C=C(/C)c1ccccc1)C1C=CCCC1)C1=CCC=CC=C1. The van der Waals surface area contributed by atoms with Gasteiger partial charge >= 0.3 is 0 Å². The topological polar surface area (TPSA) is 12.4 Å². The first kappa shape index (κ1) is 18.1. The highest BCUT2D eigenvalue weighted by molar-refractivity contribution is 6.03. The fraction of sp³-hybridized carbons (Fsp3) is 0.240. The third-order valence-electron chi connectivity index (χ3n) is 4.82. The molecule has 1 aromatic carbocycles. The molecule has 0 aliphatic heterocycles. The Hall–Kier alpha value is -2.67. The summed E-state index contributed by atoms with van der Waals surface area (Å²) >= 11 is 0. The van der Waals surface area contributed by atoms with Crippen LogP contribution in [0.3, 0.4) is 0 Å². The van der Waals surface area contributed by atoms with Crippen molar-refractivity contribution in [2.24, 2.45) is 10.9 Å². The Labute approximate surface area is 157 Å². The molecule has 0 aromatic heterocycles. The van der Waals surface area contributed by atoms with Crippen molar-refractivity contribution in [1.82, 2.24) is 0 Å². The van der Waals surface area contributed by atoms with Crippen LogP contribution in [0.4, 0.5) is 0 Å². The molecule has 0 spiro atoms. The molecule has 1 heteroatoms. The number of benzene rings is 1. The van der Waals surface area contributed by atoms with E-state index in [1.165, 1.54) is 24.0 Å². The Morgan fingerprint density at radius 2 is 2.00 bits per heavy atom. The van der Waals surface area contributed by atoms with Crippen LogP contribution in [-0.4, -0.2) is 5.71 Å². The van der Waals surface area contributed by atoms with Gasteiger partial charge in [0.1, 0.15) is 0 Å². The first-order valence-electron chi connectivity index (χ1n) is 9.45. The lowest BCUT2D eigenvalue weighted by Gasteiger charge is -2.18. The van der Waals surface area contributed by atoms with Crippen molar-refractivity contribution in [2.45, 2.75) is 32.6 Å². The Balaban J connectivity index is 1.93. The highest BCUT2D eigenvalue weighted by Crippen LogP contribution is 2.24. The second-order valence-corrected chi connectivity index (χ2v) is 6.82. The van der Waals surface area contributed by atoms with E-state index in [4.69, 9.17) is 4.99 Å². The molecule has 2 aliphatic rings. The fourth-order valence-electron chi connectivity index (χ4n) is 3.30. The van der Waals surface area contributed by atoms with Gasteiger partial charge < -0.3 is 0 Å². The number of aliphatic imine (C=N–C) groups is 1. The smallest absolute Gasteiger partial charge is 0.0630 e. The standard InChI is InChI=1S/C25H27N/c1-20(22-13-9-5-10-14-22)19-25(24-17-11-6-12-18-24)26-21(2)23-15-7-3-4-8-16-23/h3-5,7,9-11,13-17,19,24H,2,6,8,12,18H2,1H3/b20-19+,26-25+. The van der Waals surface area contributed by atoms with Crippen LogP contribution in [0.5, 0.6) is 0 Å². The summed E-state index contributed by atoms with van der Waals surface area (Å²) in [4.78, 5) is 4.98. The van der Waals surface area contributed by atoms with Crippen molar-refractivity contribution >= 4 is 11.3 Å². The first-order chi connectivity index (χ1) is 12.7. The monoisotopic (exact) mass is 341 g/mol.